The second-order valence-electron chi connectivity index (χ2n) is 10.5. The molecule has 2 heterocycles. The average molecular weight is 550 g/mol. The van der Waals surface area contributed by atoms with Crippen LogP contribution in [0.3, 0.4) is 0 Å². The molecule has 7 N–H and O–H groups in total. The Morgan fingerprint density at radius 3 is 2.59 bits per heavy atom. The van der Waals surface area contributed by atoms with Crippen LogP contribution in [0, 0.1) is 12.3 Å². The fourth-order valence-electron chi connectivity index (χ4n) is 5.72. The number of amides is 1. The lowest BCUT2D eigenvalue weighted by Gasteiger charge is -2.21. The molecule has 5 rings (SSSR count). The fraction of sp³-hybridized carbons (Fsp3) is 0.242. The van der Waals surface area contributed by atoms with Crippen molar-refractivity contribution in [1.82, 2.24) is 15.6 Å². The summed E-state index contributed by atoms with van der Waals surface area (Å²) in [5.74, 6) is -1.32. The number of hydrogen-bond acceptors (Lipinski definition) is 4. The van der Waals surface area contributed by atoms with Crippen molar-refractivity contribution in [2.24, 2.45) is 5.73 Å². The number of aromatic carboxylic acids is 1. The molecule has 41 heavy (non-hydrogen) atoms. The summed E-state index contributed by atoms with van der Waals surface area (Å²) in [6.07, 6.45) is 6.90. The minimum atomic E-state index is -1.04. The summed E-state index contributed by atoms with van der Waals surface area (Å²) in [7, 11) is 0. The molecule has 0 aliphatic carbocycles. The first kappa shape index (κ1) is 27.7. The van der Waals surface area contributed by atoms with Gasteiger partial charge in [0.05, 0.1) is 12.1 Å². The van der Waals surface area contributed by atoms with E-state index in [4.69, 9.17) is 11.1 Å². The van der Waals surface area contributed by atoms with Gasteiger partial charge in [-0.1, -0.05) is 49.4 Å². The Bertz CT molecular complexity index is 1680. The van der Waals surface area contributed by atoms with Gasteiger partial charge >= 0.3 is 5.97 Å². The van der Waals surface area contributed by atoms with Crippen LogP contribution >= 0.6 is 0 Å². The van der Waals surface area contributed by atoms with E-state index in [2.05, 4.69) is 28.6 Å². The van der Waals surface area contributed by atoms with E-state index in [-0.39, 0.29) is 23.2 Å². The van der Waals surface area contributed by atoms with E-state index < -0.39 is 5.97 Å². The lowest BCUT2D eigenvalue weighted by Crippen LogP contribution is -2.32. The number of allylic oxidation sites excluding steroid dienone is 1. The molecule has 8 nitrogen and oxygen atoms in total. The predicted molar refractivity (Wildman–Crippen MR) is 163 cm³/mol. The van der Waals surface area contributed by atoms with Crippen LogP contribution in [0.25, 0.3) is 22.0 Å². The van der Waals surface area contributed by atoms with Crippen LogP contribution in [0.15, 0.2) is 72.6 Å². The average Bonchev–Trinajstić information content (AvgIpc) is 3.40. The number of benzene rings is 3. The number of nitrogens with two attached hydrogens (primary N) is 1. The van der Waals surface area contributed by atoms with E-state index in [0.29, 0.717) is 28.8 Å². The van der Waals surface area contributed by atoms with E-state index in [0.717, 1.165) is 59.1 Å². The van der Waals surface area contributed by atoms with Crippen LogP contribution in [0.4, 0.5) is 0 Å². The number of aromatic amines is 1. The molecule has 0 radical (unpaired) electrons. The Balaban J connectivity index is 1.58. The van der Waals surface area contributed by atoms with E-state index in [1.807, 2.05) is 48.7 Å². The minimum absolute atomic E-state index is 0.00702. The molecule has 210 valence electrons. The summed E-state index contributed by atoms with van der Waals surface area (Å²) < 4.78 is 0. The minimum Gasteiger partial charge on any atom is -0.478 e. The van der Waals surface area contributed by atoms with Crippen molar-refractivity contribution in [3.8, 4) is 11.1 Å². The molecule has 3 aromatic carbocycles. The number of nitrogens with one attached hydrogen (secondary N) is 4. The van der Waals surface area contributed by atoms with Crippen molar-refractivity contribution in [1.29, 1.82) is 5.41 Å². The van der Waals surface area contributed by atoms with Crippen molar-refractivity contribution in [3.63, 3.8) is 0 Å². The van der Waals surface area contributed by atoms with Crippen molar-refractivity contribution < 1.29 is 14.7 Å². The summed E-state index contributed by atoms with van der Waals surface area (Å²) in [5, 5.41) is 25.3. The van der Waals surface area contributed by atoms with Crippen LogP contribution in [0.5, 0.6) is 0 Å². The van der Waals surface area contributed by atoms with Crippen LogP contribution in [0.1, 0.15) is 75.1 Å². The van der Waals surface area contributed by atoms with Gasteiger partial charge in [0.1, 0.15) is 5.84 Å². The van der Waals surface area contributed by atoms with Crippen molar-refractivity contribution in [2.75, 3.05) is 13.1 Å². The Hall–Kier alpha value is -4.85. The second kappa shape index (κ2) is 11.7. The maximum atomic E-state index is 13.3. The van der Waals surface area contributed by atoms with Gasteiger partial charge < -0.3 is 26.5 Å². The van der Waals surface area contributed by atoms with Gasteiger partial charge in [-0.25, -0.2) is 4.79 Å². The van der Waals surface area contributed by atoms with Gasteiger partial charge in [-0.2, -0.15) is 0 Å². The number of hydrogen-bond donors (Lipinski definition) is 6. The maximum Gasteiger partial charge on any atom is 0.336 e. The highest BCUT2D eigenvalue weighted by Gasteiger charge is 2.24. The number of aryl methyl sites for hydroxylation is 1. The summed E-state index contributed by atoms with van der Waals surface area (Å²) in [4.78, 5) is 29.1. The topological polar surface area (TPSA) is 144 Å². The smallest absolute Gasteiger partial charge is 0.336 e. The van der Waals surface area contributed by atoms with E-state index >= 15 is 0 Å². The van der Waals surface area contributed by atoms with Gasteiger partial charge in [-0.3, -0.25) is 10.2 Å². The standard InChI is InChI=1S/C33H35N5O3/c1-3-22(29-18-37-30-15-20(31(34)35)11-12-25(29)30)23-9-4-5-10-24(23)27-16-26(19(2)14-28(27)33(40)41)32(39)38-17-21-8-6-7-13-36-21/h4-5,8-12,14-16,18,22,36-37H,3,6-7,13,17H2,1-2H3,(H3,34,35)(H,38,39)(H,40,41). The van der Waals surface area contributed by atoms with Crippen LogP contribution in [0.2, 0.25) is 0 Å². The molecule has 0 spiro atoms. The quantitative estimate of drug-likeness (QED) is 0.118. The third-order valence-corrected chi connectivity index (χ3v) is 7.84. The van der Waals surface area contributed by atoms with Gasteiger partial charge in [0.2, 0.25) is 0 Å². The maximum absolute atomic E-state index is 13.3. The summed E-state index contributed by atoms with van der Waals surface area (Å²) in [6, 6.07) is 16.8. The van der Waals surface area contributed by atoms with Crippen molar-refractivity contribution in [2.45, 2.75) is 39.0 Å². The monoisotopic (exact) mass is 549 g/mol. The molecule has 1 aliphatic rings. The number of H-pyrrole nitrogens is 1. The zero-order chi connectivity index (χ0) is 29.1. The molecular weight excluding hydrogens is 514 g/mol. The Labute approximate surface area is 239 Å². The highest BCUT2D eigenvalue weighted by molar-refractivity contribution is 6.03. The Kier molecular flexibility index (Phi) is 7.92. The van der Waals surface area contributed by atoms with Crippen molar-refractivity contribution >= 4 is 28.6 Å². The molecule has 8 heteroatoms. The third kappa shape index (κ3) is 5.59. The molecule has 0 fully saturated rings. The number of carbonyl (C=O) groups is 2. The summed E-state index contributed by atoms with van der Waals surface area (Å²) in [6.45, 7) is 5.16. The molecule has 0 saturated carbocycles. The van der Waals surface area contributed by atoms with Gasteiger partial charge in [0.25, 0.3) is 5.91 Å². The normalized spacial score (nSPS) is 13.8. The van der Waals surface area contributed by atoms with E-state index in [1.165, 1.54) is 0 Å². The first-order valence-electron chi connectivity index (χ1n) is 13.9. The fourth-order valence-corrected chi connectivity index (χ4v) is 5.72. The van der Waals surface area contributed by atoms with E-state index in [1.54, 1.807) is 19.1 Å². The zero-order valence-electron chi connectivity index (χ0n) is 23.3. The molecule has 4 aromatic rings. The Morgan fingerprint density at radius 1 is 1.07 bits per heavy atom. The van der Waals surface area contributed by atoms with Gasteiger partial charge in [-0.05, 0) is 72.2 Å². The molecule has 1 aliphatic heterocycles. The van der Waals surface area contributed by atoms with E-state index in [9.17, 15) is 14.7 Å². The lowest BCUT2D eigenvalue weighted by molar-refractivity contribution is 0.0697. The number of fused-ring (bicyclic) bond motifs is 1. The highest BCUT2D eigenvalue weighted by atomic mass is 16.4. The van der Waals surface area contributed by atoms with Gasteiger partial charge in [0.15, 0.2) is 0 Å². The lowest BCUT2D eigenvalue weighted by atomic mass is 9.82. The molecular formula is C33H35N5O3. The second-order valence-corrected chi connectivity index (χ2v) is 10.5. The first-order valence-corrected chi connectivity index (χ1v) is 13.9. The SMILES string of the molecule is CCC(c1ccccc1-c1cc(C(=O)NCC2=CCCCN2)c(C)cc1C(=O)O)c1c[nH]c2cc(C(=N)N)ccc12. The van der Waals surface area contributed by atoms with Crippen LogP contribution in [-0.2, 0) is 0 Å². The number of nitrogen functional groups attached to an aromatic ring is 1. The molecule has 0 saturated heterocycles. The first-order chi connectivity index (χ1) is 19.8. The number of carboxylic acids is 1. The summed E-state index contributed by atoms with van der Waals surface area (Å²) >= 11 is 0. The molecule has 1 unspecified atom stereocenters. The summed E-state index contributed by atoms with van der Waals surface area (Å²) in [5.41, 5.74) is 12.8. The zero-order valence-corrected chi connectivity index (χ0v) is 23.3. The van der Waals surface area contributed by atoms with Gasteiger partial charge in [0, 0.05) is 46.4 Å². The molecule has 1 amide bonds. The molecule has 1 aromatic heterocycles. The number of carboxylic acid groups (broad SMARTS) is 1. The van der Waals surface area contributed by atoms with Crippen LogP contribution in [-0.4, -0.2) is 40.9 Å². The number of aromatic nitrogens is 1. The molecule has 1 atom stereocenters. The predicted octanol–water partition coefficient (Wildman–Crippen LogP) is 5.66. The highest BCUT2D eigenvalue weighted by Crippen LogP contribution is 2.40. The van der Waals surface area contributed by atoms with Gasteiger partial charge in [-0.15, -0.1) is 0 Å². The number of carbonyl (C=O) groups excluding carboxylic acids is 1. The van der Waals surface area contributed by atoms with Crippen LogP contribution < -0.4 is 16.4 Å². The molecule has 0 bridgehead atoms. The largest absolute Gasteiger partial charge is 0.478 e. The number of rotatable bonds is 9. The number of amidine groups is 1. The van der Waals surface area contributed by atoms with Crippen molar-refractivity contribution in [3.05, 3.63) is 106 Å². The Morgan fingerprint density at radius 2 is 1.88 bits per heavy atom. The third-order valence-electron chi connectivity index (χ3n) is 7.84.